The first kappa shape index (κ1) is 14.5. The largest absolute Gasteiger partial charge is 0.288 e. The van der Waals surface area contributed by atoms with E-state index >= 15 is 0 Å². The number of para-hydroxylation sites is 1. The second-order valence-corrected chi connectivity index (χ2v) is 6.17. The fraction of sp³-hybridized carbons (Fsp3) is 0. The molecule has 4 nitrogen and oxygen atoms in total. The average molecular weight is 331 g/mol. The number of carbonyl (C=O) groups excluding carboxylic acids is 1. The van der Waals surface area contributed by atoms with Gasteiger partial charge in [0.25, 0.3) is 0 Å². The van der Waals surface area contributed by atoms with E-state index in [0.29, 0.717) is 10.6 Å². The summed E-state index contributed by atoms with van der Waals surface area (Å²) in [6.07, 6.45) is 1.63. The molecule has 4 rings (SSSR count). The van der Waals surface area contributed by atoms with Gasteiger partial charge in [-0.05, 0) is 23.6 Å². The highest BCUT2D eigenvalue weighted by Crippen LogP contribution is 2.22. The minimum atomic E-state index is -0.0385. The molecule has 4 aromatic rings. The molecule has 0 aliphatic carbocycles. The third kappa shape index (κ3) is 2.66. The van der Waals surface area contributed by atoms with Gasteiger partial charge in [-0.3, -0.25) is 4.79 Å². The summed E-state index contributed by atoms with van der Waals surface area (Å²) in [7, 11) is 0. The van der Waals surface area contributed by atoms with Crippen LogP contribution in [-0.4, -0.2) is 20.8 Å². The Hall–Kier alpha value is -3.05. The van der Waals surface area contributed by atoms with Crippen LogP contribution in [0, 0.1) is 0 Å². The first-order valence-corrected chi connectivity index (χ1v) is 8.37. The Bertz CT molecular complexity index is 1020. The quantitative estimate of drug-likeness (QED) is 0.414. The zero-order chi connectivity index (χ0) is 16.4. The Balaban J connectivity index is 1.90. The number of allylic oxidation sites excluding steroid dienone is 1. The standard InChI is InChI=1S/C19H13N3OS/c23-18(19-11-6-12-24-19)13-17(14-7-2-1-3-8-14)22-16-10-5-4-9-15(16)20-21-22/h1-13H/b17-13-. The van der Waals surface area contributed by atoms with E-state index < -0.39 is 0 Å². The van der Waals surface area contributed by atoms with Crippen LogP contribution in [0.25, 0.3) is 16.7 Å². The summed E-state index contributed by atoms with van der Waals surface area (Å²) in [5.74, 6) is -0.0385. The van der Waals surface area contributed by atoms with Crippen LogP contribution in [0.3, 0.4) is 0 Å². The van der Waals surface area contributed by atoms with E-state index in [1.54, 1.807) is 10.8 Å². The van der Waals surface area contributed by atoms with Crippen LogP contribution in [0.2, 0.25) is 0 Å². The van der Waals surface area contributed by atoms with Crippen LogP contribution >= 0.6 is 11.3 Å². The average Bonchev–Trinajstić information content (AvgIpc) is 3.30. The lowest BCUT2D eigenvalue weighted by atomic mass is 10.1. The highest BCUT2D eigenvalue weighted by atomic mass is 32.1. The Morgan fingerprint density at radius 2 is 1.75 bits per heavy atom. The van der Waals surface area contributed by atoms with Crippen LogP contribution < -0.4 is 0 Å². The van der Waals surface area contributed by atoms with E-state index in [9.17, 15) is 4.79 Å². The molecule has 2 aromatic carbocycles. The van der Waals surface area contributed by atoms with E-state index in [4.69, 9.17) is 0 Å². The molecule has 116 valence electrons. The molecule has 0 spiro atoms. The number of fused-ring (bicyclic) bond motifs is 1. The molecule has 0 unspecified atom stereocenters. The van der Waals surface area contributed by atoms with Crippen LogP contribution in [0.15, 0.2) is 78.2 Å². The molecular formula is C19H13N3OS. The summed E-state index contributed by atoms with van der Waals surface area (Å²) < 4.78 is 1.72. The number of ketones is 1. The van der Waals surface area contributed by atoms with Gasteiger partial charge in [-0.25, -0.2) is 4.68 Å². The Kier molecular flexibility index (Phi) is 3.76. The van der Waals surface area contributed by atoms with Crippen molar-refractivity contribution in [3.05, 3.63) is 88.6 Å². The van der Waals surface area contributed by atoms with Gasteiger partial charge in [0.05, 0.1) is 16.1 Å². The fourth-order valence-electron chi connectivity index (χ4n) is 2.54. The molecule has 0 saturated heterocycles. The monoisotopic (exact) mass is 331 g/mol. The van der Waals surface area contributed by atoms with Crippen molar-refractivity contribution in [2.24, 2.45) is 0 Å². The van der Waals surface area contributed by atoms with Gasteiger partial charge in [0.2, 0.25) is 0 Å². The molecule has 0 bridgehead atoms. The summed E-state index contributed by atoms with van der Waals surface area (Å²) in [5, 5.41) is 10.4. The molecule has 2 aromatic heterocycles. The number of rotatable bonds is 4. The maximum Gasteiger partial charge on any atom is 0.197 e. The van der Waals surface area contributed by atoms with E-state index in [0.717, 1.165) is 16.6 Å². The minimum absolute atomic E-state index is 0.0385. The van der Waals surface area contributed by atoms with Gasteiger partial charge in [0, 0.05) is 11.6 Å². The zero-order valence-corrected chi connectivity index (χ0v) is 13.5. The fourth-order valence-corrected chi connectivity index (χ4v) is 3.17. The van der Waals surface area contributed by atoms with Gasteiger partial charge >= 0.3 is 0 Å². The van der Waals surface area contributed by atoms with Crippen molar-refractivity contribution in [1.29, 1.82) is 0 Å². The van der Waals surface area contributed by atoms with Crippen molar-refractivity contribution in [1.82, 2.24) is 15.0 Å². The summed E-state index contributed by atoms with van der Waals surface area (Å²) in [5.41, 5.74) is 3.29. The van der Waals surface area contributed by atoms with Crippen LogP contribution in [0.1, 0.15) is 15.2 Å². The Labute approximate surface area is 142 Å². The van der Waals surface area contributed by atoms with Gasteiger partial charge in [-0.15, -0.1) is 16.4 Å². The third-order valence-corrected chi connectivity index (χ3v) is 4.57. The molecule has 24 heavy (non-hydrogen) atoms. The van der Waals surface area contributed by atoms with Crippen molar-refractivity contribution in [3.8, 4) is 0 Å². The molecular weight excluding hydrogens is 318 g/mol. The first-order chi connectivity index (χ1) is 11.8. The molecule has 0 aliphatic rings. The molecule has 5 heteroatoms. The van der Waals surface area contributed by atoms with Gasteiger partial charge in [-0.1, -0.05) is 53.7 Å². The number of aromatic nitrogens is 3. The number of benzene rings is 2. The molecule has 0 N–H and O–H groups in total. The minimum Gasteiger partial charge on any atom is -0.288 e. The second kappa shape index (κ2) is 6.22. The van der Waals surface area contributed by atoms with Crippen molar-refractivity contribution in [3.63, 3.8) is 0 Å². The maximum absolute atomic E-state index is 12.6. The number of hydrogen-bond donors (Lipinski definition) is 0. The summed E-state index contributed by atoms with van der Waals surface area (Å²) >= 11 is 1.43. The van der Waals surface area contributed by atoms with Crippen molar-refractivity contribution >= 4 is 33.9 Å². The van der Waals surface area contributed by atoms with E-state index in [2.05, 4.69) is 10.3 Å². The lowest BCUT2D eigenvalue weighted by molar-refractivity contribution is 0.105. The van der Waals surface area contributed by atoms with Gasteiger partial charge in [0.1, 0.15) is 5.52 Å². The van der Waals surface area contributed by atoms with Crippen LogP contribution in [0.5, 0.6) is 0 Å². The van der Waals surface area contributed by atoms with Crippen molar-refractivity contribution in [2.45, 2.75) is 0 Å². The molecule has 0 saturated carbocycles. The highest BCUT2D eigenvalue weighted by Gasteiger charge is 2.13. The number of nitrogens with zero attached hydrogens (tertiary/aromatic N) is 3. The Morgan fingerprint density at radius 3 is 2.54 bits per heavy atom. The number of carbonyl (C=O) groups is 1. The maximum atomic E-state index is 12.6. The van der Waals surface area contributed by atoms with E-state index in [1.165, 1.54) is 11.3 Å². The predicted octanol–water partition coefficient (Wildman–Crippen LogP) is 4.26. The highest BCUT2D eigenvalue weighted by molar-refractivity contribution is 7.12. The Morgan fingerprint density at radius 1 is 0.958 bits per heavy atom. The zero-order valence-electron chi connectivity index (χ0n) is 12.7. The lowest BCUT2D eigenvalue weighted by Crippen LogP contribution is -2.04. The van der Waals surface area contributed by atoms with E-state index in [1.807, 2.05) is 72.1 Å². The molecule has 0 amide bonds. The molecule has 0 aliphatic heterocycles. The third-order valence-electron chi connectivity index (χ3n) is 3.68. The van der Waals surface area contributed by atoms with Crippen molar-refractivity contribution < 1.29 is 4.79 Å². The van der Waals surface area contributed by atoms with Gasteiger partial charge in [0.15, 0.2) is 5.78 Å². The smallest absolute Gasteiger partial charge is 0.197 e. The first-order valence-electron chi connectivity index (χ1n) is 7.49. The summed E-state index contributed by atoms with van der Waals surface area (Å²) in [6, 6.07) is 21.2. The molecule has 2 heterocycles. The lowest BCUT2D eigenvalue weighted by Gasteiger charge is -2.08. The topological polar surface area (TPSA) is 47.8 Å². The van der Waals surface area contributed by atoms with Gasteiger partial charge in [-0.2, -0.15) is 0 Å². The summed E-state index contributed by atoms with van der Waals surface area (Å²) in [6.45, 7) is 0. The molecule has 0 atom stereocenters. The number of hydrogen-bond acceptors (Lipinski definition) is 4. The summed E-state index contributed by atoms with van der Waals surface area (Å²) in [4.78, 5) is 13.3. The normalized spacial score (nSPS) is 11.8. The molecule has 0 fully saturated rings. The predicted molar refractivity (Wildman–Crippen MR) is 96.0 cm³/mol. The van der Waals surface area contributed by atoms with Crippen molar-refractivity contribution in [2.75, 3.05) is 0 Å². The molecule has 0 radical (unpaired) electrons. The van der Waals surface area contributed by atoms with E-state index in [-0.39, 0.29) is 5.78 Å². The van der Waals surface area contributed by atoms with Crippen LogP contribution in [-0.2, 0) is 0 Å². The second-order valence-electron chi connectivity index (χ2n) is 5.23. The van der Waals surface area contributed by atoms with Crippen LogP contribution in [0.4, 0.5) is 0 Å². The number of thiophene rings is 1. The SMILES string of the molecule is O=C(/C=C(/c1ccccc1)n1nnc2ccccc21)c1cccs1. The van der Waals surface area contributed by atoms with Gasteiger partial charge < -0.3 is 0 Å².